The number of anilines is 1. The van der Waals surface area contributed by atoms with Gasteiger partial charge in [-0.3, -0.25) is 0 Å². The molecule has 2 aliphatic carbocycles. The van der Waals surface area contributed by atoms with Gasteiger partial charge in [-0.05, 0) is 88.1 Å². The molecule has 5 heteroatoms. The molecule has 0 bridgehead atoms. The number of rotatable bonds is 4. The number of piperidine rings is 1. The van der Waals surface area contributed by atoms with E-state index < -0.39 is 0 Å². The van der Waals surface area contributed by atoms with Crippen LogP contribution in [-0.4, -0.2) is 40.0 Å². The van der Waals surface area contributed by atoms with Crippen molar-refractivity contribution in [3.63, 3.8) is 0 Å². The lowest BCUT2D eigenvalue weighted by molar-refractivity contribution is 0.0975. The predicted octanol–water partition coefficient (Wildman–Crippen LogP) is 4.65. The third-order valence-electron chi connectivity index (χ3n) is 7.33. The first-order valence-corrected chi connectivity index (χ1v) is 10.8. The number of likely N-dealkylation sites (tertiary alicyclic amines) is 1. The first-order valence-electron chi connectivity index (χ1n) is 10.8. The monoisotopic (exact) mass is 375 g/mol. The van der Waals surface area contributed by atoms with Gasteiger partial charge in [0.05, 0.1) is 5.52 Å². The summed E-state index contributed by atoms with van der Waals surface area (Å²) in [6.07, 6.45) is 12.5. The highest BCUT2D eigenvalue weighted by atomic mass is 15.2. The van der Waals surface area contributed by atoms with Gasteiger partial charge in [0.15, 0.2) is 0 Å². The summed E-state index contributed by atoms with van der Waals surface area (Å²) >= 11 is 0. The molecule has 2 aromatic rings. The Morgan fingerprint density at radius 2 is 1.86 bits per heavy atom. The molecule has 0 atom stereocenters. The second-order valence-corrected chi connectivity index (χ2v) is 9.08. The van der Waals surface area contributed by atoms with E-state index in [-0.39, 0.29) is 0 Å². The first kappa shape index (κ1) is 17.9. The molecule has 0 unspecified atom stereocenters. The summed E-state index contributed by atoms with van der Waals surface area (Å²) < 4.78 is 0. The zero-order chi connectivity index (χ0) is 19.0. The van der Waals surface area contributed by atoms with Crippen LogP contribution < -0.4 is 5.32 Å². The largest absolute Gasteiger partial charge is 0.367 e. The first-order chi connectivity index (χ1) is 13.7. The molecule has 3 fully saturated rings. The lowest BCUT2D eigenvalue weighted by Crippen LogP contribution is -2.45. The maximum atomic E-state index is 7.11. The lowest BCUT2D eigenvalue weighted by Gasteiger charge is -2.41. The number of benzene rings is 1. The predicted molar refractivity (Wildman–Crippen MR) is 112 cm³/mol. The van der Waals surface area contributed by atoms with Crippen LogP contribution in [-0.2, 0) is 6.54 Å². The third-order valence-corrected chi connectivity index (χ3v) is 7.33. The Kier molecular flexibility index (Phi) is 4.68. The lowest BCUT2D eigenvalue weighted by atomic mass is 9.86. The summed E-state index contributed by atoms with van der Waals surface area (Å²) in [4.78, 5) is 15.2. The van der Waals surface area contributed by atoms with Crippen LogP contribution >= 0.6 is 0 Å². The van der Waals surface area contributed by atoms with Crippen LogP contribution in [0.5, 0.6) is 0 Å². The van der Waals surface area contributed by atoms with Crippen molar-refractivity contribution >= 4 is 16.7 Å². The summed E-state index contributed by atoms with van der Waals surface area (Å²) in [5, 5.41) is 4.73. The van der Waals surface area contributed by atoms with Crippen LogP contribution in [0.3, 0.4) is 0 Å². The number of fused-ring (bicyclic) bond motifs is 1. The maximum absolute atomic E-state index is 7.11. The minimum Gasteiger partial charge on any atom is -0.367 e. The Morgan fingerprint density at radius 3 is 2.57 bits per heavy atom. The summed E-state index contributed by atoms with van der Waals surface area (Å²) in [7, 11) is 0. The molecule has 28 heavy (non-hydrogen) atoms. The maximum Gasteiger partial charge on any atom is 0.239 e. The molecule has 1 aromatic carbocycles. The van der Waals surface area contributed by atoms with Gasteiger partial charge >= 0.3 is 0 Å². The minimum atomic E-state index is 0.409. The second kappa shape index (κ2) is 7.33. The van der Waals surface area contributed by atoms with Gasteiger partial charge in [0.2, 0.25) is 6.54 Å². The molecule has 5 nitrogen and oxygen atoms in total. The molecule has 2 heterocycles. The Balaban J connectivity index is 1.22. The zero-order valence-corrected chi connectivity index (χ0v) is 16.5. The van der Waals surface area contributed by atoms with Crippen molar-refractivity contribution in [2.75, 3.05) is 18.4 Å². The standard InChI is InChI=1S/C23H29N5/c1-24-15-17-2-7-21-20(14-17)22(26-16-25-21)27-18-3-5-19(6-4-18)28-12-10-23(8-9-23)11-13-28/h2,7,14,16,18-19H,3-6,8-13,15H2,(H,25,26,27). The zero-order valence-electron chi connectivity index (χ0n) is 16.5. The molecule has 1 aliphatic heterocycles. The molecule has 0 amide bonds. The van der Waals surface area contributed by atoms with Gasteiger partial charge in [-0.2, -0.15) is 0 Å². The summed E-state index contributed by atoms with van der Waals surface area (Å²) in [5.74, 6) is 0.925. The van der Waals surface area contributed by atoms with Gasteiger partial charge in [0.1, 0.15) is 12.1 Å². The Morgan fingerprint density at radius 1 is 1.07 bits per heavy atom. The van der Waals surface area contributed by atoms with E-state index in [0.29, 0.717) is 12.6 Å². The highest BCUT2D eigenvalue weighted by Crippen LogP contribution is 2.54. The van der Waals surface area contributed by atoms with E-state index in [1.165, 1.54) is 64.5 Å². The second-order valence-electron chi connectivity index (χ2n) is 9.08. The molecule has 2 saturated carbocycles. The third kappa shape index (κ3) is 3.58. The number of nitrogens with one attached hydrogen (secondary N) is 1. The molecule has 1 N–H and O–H groups in total. The fourth-order valence-corrected chi connectivity index (χ4v) is 5.23. The van der Waals surface area contributed by atoms with Crippen molar-refractivity contribution in [2.45, 2.75) is 70.0 Å². The van der Waals surface area contributed by atoms with E-state index in [4.69, 9.17) is 6.57 Å². The molecule has 1 saturated heterocycles. The molecule has 3 aliphatic rings. The van der Waals surface area contributed by atoms with E-state index in [1.807, 2.05) is 12.1 Å². The van der Waals surface area contributed by atoms with Crippen molar-refractivity contribution in [3.8, 4) is 0 Å². The molecule has 1 spiro atoms. The Labute approximate surface area is 167 Å². The van der Waals surface area contributed by atoms with Crippen molar-refractivity contribution in [1.82, 2.24) is 14.9 Å². The van der Waals surface area contributed by atoms with Gasteiger partial charge in [-0.1, -0.05) is 0 Å². The van der Waals surface area contributed by atoms with Crippen molar-refractivity contribution in [1.29, 1.82) is 0 Å². The van der Waals surface area contributed by atoms with E-state index in [9.17, 15) is 0 Å². The Hall–Kier alpha value is -2.19. The van der Waals surface area contributed by atoms with E-state index in [2.05, 4.69) is 31.1 Å². The van der Waals surface area contributed by atoms with Crippen LogP contribution in [0.15, 0.2) is 24.5 Å². The number of hydrogen-bond donors (Lipinski definition) is 1. The average Bonchev–Trinajstić information content (AvgIpc) is 3.49. The van der Waals surface area contributed by atoms with Crippen LogP contribution in [0.4, 0.5) is 5.82 Å². The van der Waals surface area contributed by atoms with Gasteiger partial charge in [0.25, 0.3) is 0 Å². The van der Waals surface area contributed by atoms with Gasteiger partial charge in [0, 0.05) is 23.0 Å². The topological polar surface area (TPSA) is 45.4 Å². The van der Waals surface area contributed by atoms with Crippen LogP contribution in [0, 0.1) is 12.0 Å². The van der Waals surface area contributed by atoms with Crippen LogP contribution in [0.1, 0.15) is 56.9 Å². The SMILES string of the molecule is [C-]#[N+]Cc1ccc2ncnc(NC3CCC(N4CCC5(CC4)CC5)CC3)c2c1. The quantitative estimate of drug-likeness (QED) is 0.790. The smallest absolute Gasteiger partial charge is 0.239 e. The average molecular weight is 376 g/mol. The molecule has 0 radical (unpaired) electrons. The van der Waals surface area contributed by atoms with E-state index >= 15 is 0 Å². The van der Waals surface area contributed by atoms with E-state index in [0.717, 1.165) is 33.7 Å². The van der Waals surface area contributed by atoms with E-state index in [1.54, 1.807) is 6.33 Å². The normalized spacial score (nSPS) is 26.8. The Bertz CT molecular complexity index is 879. The molecule has 146 valence electrons. The highest BCUT2D eigenvalue weighted by molar-refractivity contribution is 5.89. The number of hydrogen-bond acceptors (Lipinski definition) is 4. The van der Waals surface area contributed by atoms with Crippen LogP contribution in [0.2, 0.25) is 0 Å². The highest BCUT2D eigenvalue weighted by Gasteiger charge is 2.45. The molecular weight excluding hydrogens is 346 g/mol. The van der Waals surface area contributed by atoms with Crippen molar-refractivity contribution in [3.05, 3.63) is 41.5 Å². The summed E-state index contributed by atoms with van der Waals surface area (Å²) in [6, 6.07) is 7.33. The fourth-order valence-electron chi connectivity index (χ4n) is 5.23. The van der Waals surface area contributed by atoms with Gasteiger partial charge in [-0.25, -0.2) is 16.5 Å². The molecular formula is C23H29N5. The van der Waals surface area contributed by atoms with Crippen LogP contribution in [0.25, 0.3) is 15.7 Å². The minimum absolute atomic E-state index is 0.409. The number of aromatic nitrogens is 2. The fraction of sp³-hybridized carbons (Fsp3) is 0.609. The summed E-state index contributed by atoms with van der Waals surface area (Å²) in [5.41, 5.74) is 2.75. The van der Waals surface area contributed by atoms with Crippen molar-refractivity contribution in [2.24, 2.45) is 5.41 Å². The van der Waals surface area contributed by atoms with Crippen molar-refractivity contribution < 1.29 is 0 Å². The molecule has 5 rings (SSSR count). The summed E-state index contributed by atoms with van der Waals surface area (Å²) in [6.45, 7) is 10.2. The van der Waals surface area contributed by atoms with Gasteiger partial charge < -0.3 is 15.1 Å². The number of nitrogens with zero attached hydrogens (tertiary/aromatic N) is 4. The molecule has 1 aromatic heterocycles. The van der Waals surface area contributed by atoms with Gasteiger partial charge in [-0.15, -0.1) is 0 Å².